The molecule has 5 heteroatoms. The van der Waals surface area contributed by atoms with E-state index in [0.717, 1.165) is 37.8 Å². The van der Waals surface area contributed by atoms with E-state index in [1.54, 1.807) is 12.1 Å². The molecule has 2 aliphatic rings. The second-order valence-corrected chi connectivity index (χ2v) is 7.16. The molecule has 0 aromatic heterocycles. The molecule has 0 radical (unpaired) electrons. The standard InChI is InChI=1S/C19H27FN2O2/c20-17-9-7-16(8-10-17)18(15-5-1-2-6-15)21-19(24)22-11-3-4-14(12-22)13-23/h7-10,14-15,18,23H,1-6,11-13H2,(H,21,24). The van der Waals surface area contributed by atoms with Crippen LogP contribution in [0, 0.1) is 17.7 Å². The number of rotatable bonds is 4. The third-order valence-electron chi connectivity index (χ3n) is 5.44. The molecule has 132 valence electrons. The first-order valence-corrected chi connectivity index (χ1v) is 9.09. The van der Waals surface area contributed by atoms with Crippen LogP contribution in [0.1, 0.15) is 50.1 Å². The molecule has 3 rings (SSSR count). The number of carbonyl (C=O) groups excluding carboxylic acids is 1. The molecular formula is C19H27FN2O2. The Morgan fingerprint density at radius 3 is 2.58 bits per heavy atom. The highest BCUT2D eigenvalue weighted by Crippen LogP contribution is 2.36. The van der Waals surface area contributed by atoms with Crippen LogP contribution in [0.4, 0.5) is 9.18 Å². The Bertz CT molecular complexity index is 543. The molecule has 1 aliphatic carbocycles. The molecule has 24 heavy (non-hydrogen) atoms. The SMILES string of the molecule is O=C(NC(c1ccc(F)cc1)C1CCCC1)N1CCCC(CO)C1. The van der Waals surface area contributed by atoms with Crippen LogP contribution < -0.4 is 5.32 Å². The Morgan fingerprint density at radius 2 is 1.92 bits per heavy atom. The molecule has 1 saturated heterocycles. The second kappa shape index (κ2) is 7.97. The molecule has 2 atom stereocenters. The van der Waals surface area contributed by atoms with Crippen molar-refractivity contribution in [2.24, 2.45) is 11.8 Å². The first-order chi connectivity index (χ1) is 11.7. The number of carbonyl (C=O) groups is 1. The number of halogens is 1. The number of amides is 2. The Hall–Kier alpha value is -1.62. The van der Waals surface area contributed by atoms with Crippen LogP contribution >= 0.6 is 0 Å². The molecule has 1 heterocycles. The molecule has 1 aromatic carbocycles. The van der Waals surface area contributed by atoms with Crippen molar-refractivity contribution >= 4 is 6.03 Å². The van der Waals surface area contributed by atoms with Crippen molar-refractivity contribution in [3.63, 3.8) is 0 Å². The Labute approximate surface area is 143 Å². The van der Waals surface area contributed by atoms with Crippen molar-refractivity contribution in [3.05, 3.63) is 35.6 Å². The average Bonchev–Trinajstić information content (AvgIpc) is 3.15. The highest BCUT2D eigenvalue weighted by atomic mass is 19.1. The number of aliphatic hydroxyl groups is 1. The van der Waals surface area contributed by atoms with Gasteiger partial charge in [0, 0.05) is 19.7 Å². The summed E-state index contributed by atoms with van der Waals surface area (Å²) in [7, 11) is 0. The summed E-state index contributed by atoms with van der Waals surface area (Å²) in [5.74, 6) is 0.343. The van der Waals surface area contributed by atoms with Gasteiger partial charge in [-0.15, -0.1) is 0 Å². The molecule has 0 spiro atoms. The van der Waals surface area contributed by atoms with Gasteiger partial charge in [0.25, 0.3) is 0 Å². The fourth-order valence-electron chi connectivity index (χ4n) is 4.06. The number of piperidine rings is 1. The zero-order chi connectivity index (χ0) is 16.9. The highest BCUT2D eigenvalue weighted by molar-refractivity contribution is 5.75. The number of aliphatic hydroxyl groups excluding tert-OH is 1. The Kier molecular flexibility index (Phi) is 5.72. The van der Waals surface area contributed by atoms with Crippen LogP contribution in [0.15, 0.2) is 24.3 Å². The van der Waals surface area contributed by atoms with E-state index >= 15 is 0 Å². The lowest BCUT2D eigenvalue weighted by Gasteiger charge is -2.34. The van der Waals surface area contributed by atoms with Gasteiger partial charge < -0.3 is 15.3 Å². The van der Waals surface area contributed by atoms with E-state index in [9.17, 15) is 14.3 Å². The lowest BCUT2D eigenvalue weighted by Crippen LogP contribution is -2.48. The van der Waals surface area contributed by atoms with Crippen LogP contribution in [0.2, 0.25) is 0 Å². The predicted molar refractivity (Wildman–Crippen MR) is 91.0 cm³/mol. The van der Waals surface area contributed by atoms with Crippen LogP contribution in [0.5, 0.6) is 0 Å². The van der Waals surface area contributed by atoms with Gasteiger partial charge in [-0.3, -0.25) is 0 Å². The summed E-state index contributed by atoms with van der Waals surface area (Å²) >= 11 is 0. The maximum absolute atomic E-state index is 13.2. The first kappa shape index (κ1) is 17.2. The molecule has 2 N–H and O–H groups in total. The van der Waals surface area contributed by atoms with Gasteiger partial charge in [-0.2, -0.15) is 0 Å². The van der Waals surface area contributed by atoms with Gasteiger partial charge >= 0.3 is 6.03 Å². The number of nitrogens with zero attached hydrogens (tertiary/aromatic N) is 1. The van der Waals surface area contributed by atoms with Gasteiger partial charge in [-0.1, -0.05) is 25.0 Å². The summed E-state index contributed by atoms with van der Waals surface area (Å²) in [6.45, 7) is 1.49. The van der Waals surface area contributed by atoms with Crippen molar-refractivity contribution in [1.82, 2.24) is 10.2 Å². The molecule has 1 aromatic rings. The lowest BCUT2D eigenvalue weighted by molar-refractivity contribution is 0.126. The molecule has 4 nitrogen and oxygen atoms in total. The molecule has 2 fully saturated rings. The molecule has 2 amide bonds. The zero-order valence-electron chi connectivity index (χ0n) is 14.1. The molecule has 0 bridgehead atoms. The minimum absolute atomic E-state index is 0.0601. The number of likely N-dealkylation sites (tertiary alicyclic amines) is 1. The van der Waals surface area contributed by atoms with E-state index in [1.165, 1.54) is 25.0 Å². The maximum Gasteiger partial charge on any atom is 0.317 e. The minimum atomic E-state index is -0.253. The third-order valence-corrected chi connectivity index (χ3v) is 5.44. The van der Waals surface area contributed by atoms with Crippen LogP contribution in [0.25, 0.3) is 0 Å². The molecular weight excluding hydrogens is 307 g/mol. The zero-order valence-corrected chi connectivity index (χ0v) is 14.1. The van der Waals surface area contributed by atoms with Crippen LogP contribution in [-0.2, 0) is 0 Å². The highest BCUT2D eigenvalue weighted by Gasteiger charge is 2.30. The second-order valence-electron chi connectivity index (χ2n) is 7.16. The van der Waals surface area contributed by atoms with Gasteiger partial charge in [0.15, 0.2) is 0 Å². The fraction of sp³-hybridized carbons (Fsp3) is 0.632. The number of urea groups is 1. The number of hydrogen-bond donors (Lipinski definition) is 2. The van der Waals surface area contributed by atoms with Crippen LogP contribution in [0.3, 0.4) is 0 Å². The maximum atomic E-state index is 13.2. The monoisotopic (exact) mass is 334 g/mol. The quantitative estimate of drug-likeness (QED) is 0.886. The topological polar surface area (TPSA) is 52.6 Å². The van der Waals surface area contributed by atoms with Gasteiger partial charge in [-0.25, -0.2) is 9.18 Å². The number of nitrogens with one attached hydrogen (secondary N) is 1. The summed E-state index contributed by atoms with van der Waals surface area (Å²) in [5, 5.41) is 12.5. The van der Waals surface area contributed by atoms with Crippen LogP contribution in [-0.4, -0.2) is 35.7 Å². The molecule has 2 unspecified atom stereocenters. The third kappa shape index (κ3) is 4.07. The summed E-state index contributed by atoms with van der Waals surface area (Å²) in [6, 6.07) is 6.37. The fourth-order valence-corrected chi connectivity index (χ4v) is 4.06. The van der Waals surface area contributed by atoms with Gasteiger partial charge in [0.1, 0.15) is 5.82 Å². The van der Waals surface area contributed by atoms with Crippen molar-refractivity contribution in [2.45, 2.75) is 44.6 Å². The minimum Gasteiger partial charge on any atom is -0.396 e. The Balaban J connectivity index is 1.71. The summed E-state index contributed by atoms with van der Waals surface area (Å²) < 4.78 is 13.2. The van der Waals surface area contributed by atoms with E-state index in [-0.39, 0.29) is 30.4 Å². The van der Waals surface area contributed by atoms with Gasteiger partial charge in [0.05, 0.1) is 6.04 Å². The van der Waals surface area contributed by atoms with Gasteiger partial charge in [0.2, 0.25) is 0 Å². The largest absolute Gasteiger partial charge is 0.396 e. The van der Waals surface area contributed by atoms with E-state index < -0.39 is 0 Å². The van der Waals surface area contributed by atoms with Gasteiger partial charge in [-0.05, 0) is 55.2 Å². The molecule has 1 aliphatic heterocycles. The van der Waals surface area contributed by atoms with Crippen molar-refractivity contribution in [2.75, 3.05) is 19.7 Å². The predicted octanol–water partition coefficient (Wildman–Crippen LogP) is 3.47. The first-order valence-electron chi connectivity index (χ1n) is 9.09. The molecule has 1 saturated carbocycles. The van der Waals surface area contributed by atoms with Crippen molar-refractivity contribution in [1.29, 1.82) is 0 Å². The van der Waals surface area contributed by atoms with E-state index in [0.29, 0.717) is 12.5 Å². The summed E-state index contributed by atoms with van der Waals surface area (Å²) in [5.41, 5.74) is 0.979. The Morgan fingerprint density at radius 1 is 1.21 bits per heavy atom. The van der Waals surface area contributed by atoms with Crippen molar-refractivity contribution < 1.29 is 14.3 Å². The van der Waals surface area contributed by atoms with E-state index in [4.69, 9.17) is 0 Å². The lowest BCUT2D eigenvalue weighted by atomic mass is 9.91. The number of benzene rings is 1. The van der Waals surface area contributed by atoms with Crippen molar-refractivity contribution in [3.8, 4) is 0 Å². The smallest absolute Gasteiger partial charge is 0.317 e. The van der Waals surface area contributed by atoms with E-state index in [1.807, 2.05) is 4.90 Å². The normalized spacial score (nSPS) is 23.2. The summed E-state index contributed by atoms with van der Waals surface area (Å²) in [6.07, 6.45) is 6.49. The average molecular weight is 334 g/mol. The van der Waals surface area contributed by atoms with E-state index in [2.05, 4.69) is 5.32 Å². The number of hydrogen-bond acceptors (Lipinski definition) is 2. The summed E-state index contributed by atoms with van der Waals surface area (Å²) in [4.78, 5) is 14.5.